The van der Waals surface area contributed by atoms with Crippen molar-refractivity contribution in [2.24, 2.45) is 5.92 Å². The third kappa shape index (κ3) is 2.45. The van der Waals surface area contributed by atoms with Gasteiger partial charge in [0.2, 0.25) is 5.28 Å². The van der Waals surface area contributed by atoms with Crippen LogP contribution < -0.4 is 5.32 Å². The Morgan fingerprint density at radius 1 is 1.45 bits per heavy atom. The van der Waals surface area contributed by atoms with Crippen LogP contribution in [0.15, 0.2) is 6.20 Å². The van der Waals surface area contributed by atoms with Crippen LogP contribution in [0.25, 0.3) is 11.0 Å². The maximum Gasteiger partial charge on any atom is 0.226 e. The summed E-state index contributed by atoms with van der Waals surface area (Å²) in [5.74, 6) is 1.34. The van der Waals surface area contributed by atoms with E-state index in [0.29, 0.717) is 17.4 Å². The van der Waals surface area contributed by atoms with Crippen molar-refractivity contribution in [1.29, 1.82) is 0 Å². The third-order valence-electron chi connectivity index (χ3n) is 4.20. The number of halogens is 1. The third-order valence-corrected chi connectivity index (χ3v) is 4.37. The first-order chi connectivity index (χ1) is 9.62. The molecule has 1 aliphatic rings. The molecule has 3 N–H and O–H groups in total. The number of H-pyrrole nitrogens is 1. The topological polar surface area (TPSA) is 86.7 Å². The molecule has 0 radical (unpaired) electrons. The van der Waals surface area contributed by atoms with Gasteiger partial charge in [-0.2, -0.15) is 15.1 Å². The van der Waals surface area contributed by atoms with E-state index in [1.807, 2.05) is 0 Å². The van der Waals surface area contributed by atoms with Gasteiger partial charge in [-0.3, -0.25) is 5.10 Å². The van der Waals surface area contributed by atoms with Crippen molar-refractivity contribution in [2.75, 3.05) is 11.9 Å². The van der Waals surface area contributed by atoms with Crippen molar-refractivity contribution in [3.63, 3.8) is 0 Å². The first kappa shape index (κ1) is 13.6. The molecular formula is C13H18ClN5O. The number of nitrogens with one attached hydrogen (secondary N) is 2. The molecule has 2 heterocycles. The Morgan fingerprint density at radius 2 is 2.20 bits per heavy atom. The van der Waals surface area contributed by atoms with Crippen molar-refractivity contribution in [2.45, 2.75) is 38.1 Å². The number of fused-ring (bicyclic) bond motifs is 1. The predicted molar refractivity (Wildman–Crippen MR) is 77.8 cm³/mol. The molecule has 3 rings (SSSR count). The lowest BCUT2D eigenvalue weighted by Gasteiger charge is -2.39. The Bertz CT molecular complexity index is 606. The number of aliphatic hydroxyl groups is 1. The second kappa shape index (κ2) is 5.18. The van der Waals surface area contributed by atoms with Crippen molar-refractivity contribution in [3.05, 3.63) is 11.5 Å². The summed E-state index contributed by atoms with van der Waals surface area (Å²) in [5.41, 5.74) is 0.277. The number of rotatable bonds is 3. The second-order valence-electron chi connectivity index (χ2n) is 5.72. The van der Waals surface area contributed by atoms with E-state index in [0.717, 1.165) is 31.1 Å². The summed E-state index contributed by atoms with van der Waals surface area (Å²) in [5, 5.41) is 20.9. The van der Waals surface area contributed by atoms with Gasteiger partial charge in [-0.1, -0.05) is 6.92 Å². The van der Waals surface area contributed by atoms with E-state index < -0.39 is 0 Å². The first-order valence-corrected chi connectivity index (χ1v) is 7.25. The van der Waals surface area contributed by atoms with Gasteiger partial charge >= 0.3 is 0 Å². The maximum atomic E-state index is 9.82. The zero-order chi connectivity index (χ0) is 14.2. The van der Waals surface area contributed by atoms with Crippen LogP contribution in [0.2, 0.25) is 5.28 Å². The summed E-state index contributed by atoms with van der Waals surface area (Å²) in [6, 6.07) is 0. The number of aromatic nitrogens is 4. The van der Waals surface area contributed by atoms with E-state index in [1.165, 1.54) is 0 Å². The zero-order valence-electron chi connectivity index (χ0n) is 11.4. The van der Waals surface area contributed by atoms with Crippen LogP contribution in [-0.2, 0) is 0 Å². The highest BCUT2D eigenvalue weighted by Crippen LogP contribution is 2.35. The lowest BCUT2D eigenvalue weighted by atomic mass is 9.77. The molecule has 0 aromatic carbocycles. The average Bonchev–Trinajstić information content (AvgIpc) is 2.90. The van der Waals surface area contributed by atoms with Gasteiger partial charge < -0.3 is 10.4 Å². The van der Waals surface area contributed by atoms with Gasteiger partial charge in [-0.05, 0) is 43.2 Å². The fourth-order valence-electron chi connectivity index (χ4n) is 2.79. The Balaban J connectivity index is 1.93. The average molecular weight is 296 g/mol. The largest absolute Gasteiger partial charge is 0.394 e. The van der Waals surface area contributed by atoms with Crippen molar-refractivity contribution in [1.82, 2.24) is 20.2 Å². The molecule has 2 aromatic heterocycles. The molecule has 108 valence electrons. The van der Waals surface area contributed by atoms with E-state index in [-0.39, 0.29) is 17.4 Å². The highest BCUT2D eigenvalue weighted by atomic mass is 35.5. The molecule has 6 nitrogen and oxygen atoms in total. The van der Waals surface area contributed by atoms with E-state index in [2.05, 4.69) is 32.4 Å². The van der Waals surface area contributed by atoms with Crippen LogP contribution in [-0.4, -0.2) is 37.4 Å². The van der Waals surface area contributed by atoms with Gasteiger partial charge in [0.15, 0.2) is 5.65 Å². The number of nitrogens with zero attached hydrogens (tertiary/aromatic N) is 3. The summed E-state index contributed by atoms with van der Waals surface area (Å²) in [6.07, 6.45) is 5.71. The van der Waals surface area contributed by atoms with Crippen LogP contribution in [0, 0.1) is 5.92 Å². The number of aromatic amines is 1. The quantitative estimate of drug-likeness (QED) is 0.757. The molecule has 1 saturated carbocycles. The summed E-state index contributed by atoms with van der Waals surface area (Å²) >= 11 is 5.94. The Morgan fingerprint density at radius 3 is 2.90 bits per heavy atom. The van der Waals surface area contributed by atoms with Gasteiger partial charge in [0.1, 0.15) is 5.82 Å². The minimum atomic E-state index is -0.325. The summed E-state index contributed by atoms with van der Waals surface area (Å²) in [4.78, 5) is 8.34. The fourth-order valence-corrected chi connectivity index (χ4v) is 2.96. The molecule has 1 aliphatic carbocycles. The monoisotopic (exact) mass is 295 g/mol. The summed E-state index contributed by atoms with van der Waals surface area (Å²) in [7, 11) is 0. The standard InChI is InChI=1S/C13H18ClN5O/c1-8-2-4-13(7-20,5-3-8)18-10-9-6-15-19-11(9)17-12(14)16-10/h6,8,20H,2-5,7H2,1H3,(H2,15,16,17,18,19). The Hall–Kier alpha value is -1.40. The lowest BCUT2D eigenvalue weighted by Crippen LogP contribution is -2.45. The van der Waals surface area contributed by atoms with E-state index in [4.69, 9.17) is 11.6 Å². The molecule has 0 saturated heterocycles. The predicted octanol–water partition coefficient (Wildman–Crippen LogP) is 2.36. The van der Waals surface area contributed by atoms with Crippen LogP contribution in [0.1, 0.15) is 32.6 Å². The molecule has 2 aromatic rings. The second-order valence-corrected chi connectivity index (χ2v) is 6.06. The molecule has 0 unspecified atom stereocenters. The lowest BCUT2D eigenvalue weighted by molar-refractivity contribution is 0.155. The van der Waals surface area contributed by atoms with Crippen LogP contribution in [0.5, 0.6) is 0 Å². The summed E-state index contributed by atoms with van der Waals surface area (Å²) < 4.78 is 0. The maximum absolute atomic E-state index is 9.82. The SMILES string of the molecule is CC1CCC(CO)(Nc2nc(Cl)nc3[nH]ncc23)CC1. The van der Waals surface area contributed by atoms with Gasteiger partial charge in [0, 0.05) is 0 Å². The van der Waals surface area contributed by atoms with Gasteiger partial charge in [-0.15, -0.1) is 0 Å². The molecule has 20 heavy (non-hydrogen) atoms. The minimum Gasteiger partial charge on any atom is -0.394 e. The number of hydrogen-bond donors (Lipinski definition) is 3. The number of hydrogen-bond acceptors (Lipinski definition) is 5. The molecule has 0 amide bonds. The normalized spacial score (nSPS) is 26.9. The number of anilines is 1. The molecule has 1 fully saturated rings. The molecule has 0 aliphatic heterocycles. The van der Waals surface area contributed by atoms with Crippen LogP contribution in [0.4, 0.5) is 5.82 Å². The first-order valence-electron chi connectivity index (χ1n) is 6.87. The highest BCUT2D eigenvalue weighted by molar-refractivity contribution is 6.28. The zero-order valence-corrected chi connectivity index (χ0v) is 12.1. The fraction of sp³-hybridized carbons (Fsp3) is 0.615. The molecular weight excluding hydrogens is 278 g/mol. The van der Waals surface area contributed by atoms with Crippen LogP contribution in [0.3, 0.4) is 0 Å². The van der Waals surface area contributed by atoms with Gasteiger partial charge in [-0.25, -0.2) is 0 Å². The van der Waals surface area contributed by atoms with Crippen molar-refractivity contribution >= 4 is 28.5 Å². The number of aliphatic hydroxyl groups excluding tert-OH is 1. The molecule has 0 atom stereocenters. The highest BCUT2D eigenvalue weighted by Gasteiger charge is 2.34. The Labute approximate surface area is 122 Å². The van der Waals surface area contributed by atoms with Gasteiger partial charge in [0.05, 0.1) is 23.7 Å². The molecule has 0 spiro atoms. The molecule has 0 bridgehead atoms. The van der Waals surface area contributed by atoms with Crippen molar-refractivity contribution in [3.8, 4) is 0 Å². The van der Waals surface area contributed by atoms with Crippen LogP contribution >= 0.6 is 11.6 Å². The smallest absolute Gasteiger partial charge is 0.226 e. The summed E-state index contributed by atoms with van der Waals surface area (Å²) in [6.45, 7) is 2.33. The van der Waals surface area contributed by atoms with Gasteiger partial charge in [0.25, 0.3) is 0 Å². The van der Waals surface area contributed by atoms with E-state index >= 15 is 0 Å². The van der Waals surface area contributed by atoms with E-state index in [1.54, 1.807) is 6.20 Å². The van der Waals surface area contributed by atoms with Crippen molar-refractivity contribution < 1.29 is 5.11 Å². The minimum absolute atomic E-state index is 0.0840. The molecule has 7 heteroatoms. The Kier molecular flexibility index (Phi) is 3.52. The van der Waals surface area contributed by atoms with E-state index in [9.17, 15) is 5.11 Å².